The van der Waals surface area contributed by atoms with E-state index in [9.17, 15) is 9.59 Å². The number of aromatic amines is 1. The Morgan fingerprint density at radius 1 is 1.32 bits per heavy atom. The Labute approximate surface area is 166 Å². The molecule has 1 aliphatic rings. The van der Waals surface area contributed by atoms with Crippen LogP contribution in [-0.2, 0) is 4.79 Å². The Kier molecular flexibility index (Phi) is 5.43. The fourth-order valence-electron chi connectivity index (χ4n) is 3.61. The first-order valence-electron chi connectivity index (χ1n) is 9.43. The average molecular weight is 398 g/mol. The van der Waals surface area contributed by atoms with E-state index >= 15 is 0 Å². The summed E-state index contributed by atoms with van der Waals surface area (Å²) in [5.41, 5.74) is 0.346. The number of rotatable bonds is 5. The minimum atomic E-state index is -0.244. The van der Waals surface area contributed by atoms with Gasteiger partial charge in [0.1, 0.15) is 6.33 Å². The van der Waals surface area contributed by atoms with Gasteiger partial charge in [-0.2, -0.15) is 10.1 Å². The number of thioether (sulfide) groups is 1. The summed E-state index contributed by atoms with van der Waals surface area (Å²) in [6, 6.07) is 7.36. The second-order valence-electron chi connectivity index (χ2n) is 7.09. The predicted octanol–water partition coefficient (Wildman–Crippen LogP) is 2.29. The Morgan fingerprint density at radius 3 is 2.93 bits per heavy atom. The Hall–Kier alpha value is -2.68. The van der Waals surface area contributed by atoms with Crippen molar-refractivity contribution in [1.29, 1.82) is 0 Å². The van der Waals surface area contributed by atoms with E-state index in [-0.39, 0.29) is 29.2 Å². The van der Waals surface area contributed by atoms with Gasteiger partial charge in [0.25, 0.3) is 5.56 Å². The van der Waals surface area contributed by atoms with Gasteiger partial charge < -0.3 is 5.32 Å². The van der Waals surface area contributed by atoms with Crippen LogP contribution in [0.3, 0.4) is 0 Å². The zero-order valence-electron chi connectivity index (χ0n) is 15.6. The molecule has 1 aliphatic carbocycles. The van der Waals surface area contributed by atoms with Gasteiger partial charge in [-0.1, -0.05) is 43.7 Å². The van der Waals surface area contributed by atoms with Crippen LogP contribution in [0.4, 0.5) is 0 Å². The molecule has 3 aromatic rings. The lowest BCUT2D eigenvalue weighted by molar-refractivity contribution is -0.119. The van der Waals surface area contributed by atoms with Gasteiger partial charge in [-0.05, 0) is 30.9 Å². The number of nitrogens with one attached hydrogen (secondary N) is 2. The van der Waals surface area contributed by atoms with Gasteiger partial charge in [0.05, 0.1) is 16.7 Å². The van der Waals surface area contributed by atoms with Crippen molar-refractivity contribution >= 4 is 28.6 Å². The van der Waals surface area contributed by atoms with Gasteiger partial charge in [0.15, 0.2) is 5.16 Å². The SMILES string of the molecule is C[C@@H]1CCCC[C@@H]1NC(=O)CSc1nc2ccccc2c(=O)n1-c1ncn[nH]1. The van der Waals surface area contributed by atoms with E-state index in [0.29, 0.717) is 22.0 Å². The minimum Gasteiger partial charge on any atom is -0.352 e. The van der Waals surface area contributed by atoms with Crippen LogP contribution >= 0.6 is 11.8 Å². The molecule has 1 fully saturated rings. The number of hydrogen-bond donors (Lipinski definition) is 2. The number of aromatic nitrogens is 5. The van der Waals surface area contributed by atoms with E-state index in [0.717, 1.165) is 19.3 Å². The van der Waals surface area contributed by atoms with Crippen LogP contribution in [-0.4, -0.2) is 42.4 Å². The fraction of sp³-hybridized carbons (Fsp3) is 0.421. The average Bonchev–Trinajstić information content (AvgIpc) is 3.22. The summed E-state index contributed by atoms with van der Waals surface area (Å²) in [4.78, 5) is 34.1. The first-order valence-corrected chi connectivity index (χ1v) is 10.4. The number of amides is 1. The number of carbonyl (C=O) groups is 1. The maximum Gasteiger partial charge on any atom is 0.269 e. The minimum absolute atomic E-state index is 0.0460. The molecular formula is C19H22N6O2S. The van der Waals surface area contributed by atoms with Crippen molar-refractivity contribution in [2.24, 2.45) is 5.92 Å². The molecule has 0 spiro atoms. The number of benzene rings is 1. The molecule has 2 heterocycles. The Balaban J connectivity index is 1.58. The van der Waals surface area contributed by atoms with Crippen LogP contribution in [0.2, 0.25) is 0 Å². The smallest absolute Gasteiger partial charge is 0.269 e. The number of para-hydroxylation sites is 1. The largest absolute Gasteiger partial charge is 0.352 e. The van der Waals surface area contributed by atoms with Crippen LogP contribution in [0.25, 0.3) is 16.9 Å². The van der Waals surface area contributed by atoms with Crippen molar-refractivity contribution in [1.82, 2.24) is 30.0 Å². The zero-order chi connectivity index (χ0) is 19.5. The van der Waals surface area contributed by atoms with Gasteiger partial charge in [-0.25, -0.2) is 14.6 Å². The number of carbonyl (C=O) groups excluding carboxylic acids is 1. The molecule has 28 heavy (non-hydrogen) atoms. The molecule has 1 amide bonds. The molecule has 2 N–H and O–H groups in total. The topological polar surface area (TPSA) is 106 Å². The van der Waals surface area contributed by atoms with Crippen LogP contribution in [0.5, 0.6) is 0 Å². The van der Waals surface area contributed by atoms with Crippen molar-refractivity contribution in [2.75, 3.05) is 5.75 Å². The molecule has 0 bridgehead atoms. The van der Waals surface area contributed by atoms with E-state index < -0.39 is 0 Å². The quantitative estimate of drug-likeness (QED) is 0.505. The van der Waals surface area contributed by atoms with E-state index in [1.807, 2.05) is 6.07 Å². The van der Waals surface area contributed by atoms with E-state index in [1.165, 1.54) is 29.1 Å². The van der Waals surface area contributed by atoms with Gasteiger partial charge in [-0.15, -0.1) is 0 Å². The molecule has 4 rings (SSSR count). The summed E-state index contributed by atoms with van der Waals surface area (Å²) >= 11 is 1.22. The lowest BCUT2D eigenvalue weighted by Crippen LogP contribution is -2.41. The summed E-state index contributed by atoms with van der Waals surface area (Å²) in [6.45, 7) is 2.18. The zero-order valence-corrected chi connectivity index (χ0v) is 16.4. The molecule has 2 atom stereocenters. The number of nitrogens with zero attached hydrogens (tertiary/aromatic N) is 4. The summed E-state index contributed by atoms with van der Waals surface area (Å²) in [5.74, 6) is 0.915. The molecule has 0 saturated heterocycles. The van der Waals surface area contributed by atoms with Crippen molar-refractivity contribution in [3.05, 3.63) is 40.9 Å². The molecule has 2 aromatic heterocycles. The molecule has 1 aromatic carbocycles. The lowest BCUT2D eigenvalue weighted by atomic mass is 9.86. The molecule has 0 aliphatic heterocycles. The van der Waals surface area contributed by atoms with Crippen LogP contribution in [0.1, 0.15) is 32.6 Å². The third-order valence-corrected chi connectivity index (χ3v) is 6.09. The van der Waals surface area contributed by atoms with Crippen molar-refractivity contribution in [3.8, 4) is 5.95 Å². The third kappa shape index (κ3) is 3.80. The summed E-state index contributed by atoms with van der Waals surface area (Å²) in [7, 11) is 0. The Morgan fingerprint density at radius 2 is 2.14 bits per heavy atom. The first-order chi connectivity index (χ1) is 13.6. The van der Waals surface area contributed by atoms with Crippen molar-refractivity contribution < 1.29 is 4.79 Å². The van der Waals surface area contributed by atoms with Crippen molar-refractivity contribution in [2.45, 2.75) is 43.8 Å². The van der Waals surface area contributed by atoms with E-state index in [1.54, 1.807) is 18.2 Å². The van der Waals surface area contributed by atoms with Crippen LogP contribution < -0.4 is 10.9 Å². The van der Waals surface area contributed by atoms with Gasteiger partial charge in [0, 0.05) is 6.04 Å². The normalized spacial score (nSPS) is 19.6. The second kappa shape index (κ2) is 8.14. The molecule has 0 unspecified atom stereocenters. The molecular weight excluding hydrogens is 376 g/mol. The summed E-state index contributed by atoms with van der Waals surface area (Å²) < 4.78 is 1.37. The molecule has 146 valence electrons. The third-order valence-electron chi connectivity index (χ3n) is 5.15. The highest BCUT2D eigenvalue weighted by atomic mass is 32.2. The standard InChI is InChI=1S/C19H22N6O2S/c1-12-6-2-4-8-14(12)22-16(26)10-28-19-23-15-9-5-3-7-13(15)17(27)25(19)18-20-11-21-24-18/h3,5,7,9,11-12,14H,2,4,6,8,10H2,1H3,(H,22,26)(H,20,21,24)/t12-,14+/m1/s1. The molecule has 9 heteroatoms. The number of fused-ring (bicyclic) bond motifs is 1. The Bertz CT molecular complexity index is 1030. The fourth-order valence-corrected chi connectivity index (χ4v) is 4.42. The molecule has 0 radical (unpaired) electrons. The van der Waals surface area contributed by atoms with Crippen LogP contribution in [0.15, 0.2) is 40.5 Å². The number of H-pyrrole nitrogens is 1. The molecule has 8 nitrogen and oxygen atoms in total. The lowest BCUT2D eigenvalue weighted by Gasteiger charge is -2.29. The van der Waals surface area contributed by atoms with E-state index in [4.69, 9.17) is 0 Å². The maximum absolute atomic E-state index is 13.0. The predicted molar refractivity (Wildman–Crippen MR) is 108 cm³/mol. The van der Waals surface area contributed by atoms with Gasteiger partial charge >= 0.3 is 0 Å². The first kappa shape index (κ1) is 18.7. The second-order valence-corrected chi connectivity index (χ2v) is 8.03. The summed E-state index contributed by atoms with van der Waals surface area (Å²) in [5, 5.41) is 10.6. The van der Waals surface area contributed by atoms with Crippen LogP contribution in [0, 0.1) is 5.92 Å². The monoisotopic (exact) mass is 398 g/mol. The molecule has 1 saturated carbocycles. The number of hydrogen-bond acceptors (Lipinski definition) is 6. The summed E-state index contributed by atoms with van der Waals surface area (Å²) in [6.07, 6.45) is 5.89. The maximum atomic E-state index is 13.0. The van der Waals surface area contributed by atoms with Gasteiger partial charge in [-0.3, -0.25) is 9.59 Å². The highest BCUT2D eigenvalue weighted by Gasteiger charge is 2.23. The van der Waals surface area contributed by atoms with Crippen molar-refractivity contribution in [3.63, 3.8) is 0 Å². The van der Waals surface area contributed by atoms with E-state index in [2.05, 4.69) is 32.4 Å². The highest BCUT2D eigenvalue weighted by molar-refractivity contribution is 7.99. The highest BCUT2D eigenvalue weighted by Crippen LogP contribution is 2.24. The van der Waals surface area contributed by atoms with Gasteiger partial charge in [0.2, 0.25) is 11.9 Å².